The molecule has 0 fully saturated rings. The van der Waals surface area contributed by atoms with Crippen molar-refractivity contribution >= 4 is 0 Å². The van der Waals surface area contributed by atoms with E-state index in [2.05, 4.69) is 30.9 Å². The van der Waals surface area contributed by atoms with Crippen molar-refractivity contribution in [3.63, 3.8) is 0 Å². The van der Waals surface area contributed by atoms with Gasteiger partial charge < -0.3 is 4.52 Å². The summed E-state index contributed by atoms with van der Waals surface area (Å²) in [6, 6.07) is 0. The zero-order chi connectivity index (χ0) is 9.84. The third-order valence-electron chi connectivity index (χ3n) is 2.52. The maximum atomic E-state index is 5.03. The van der Waals surface area contributed by atoms with Crippen molar-refractivity contribution in [3.05, 3.63) is 11.7 Å². The fraction of sp³-hybridized carbons (Fsp3) is 0.800. The average Bonchev–Trinajstić information content (AvgIpc) is 2.47. The lowest BCUT2D eigenvalue weighted by Crippen LogP contribution is -2.05. The Morgan fingerprint density at radius 1 is 1.31 bits per heavy atom. The summed E-state index contributed by atoms with van der Waals surface area (Å²) in [4.78, 5) is 4.16. The van der Waals surface area contributed by atoms with Crippen molar-refractivity contribution in [2.45, 2.75) is 40.5 Å². The molecule has 0 aromatic carbocycles. The van der Waals surface area contributed by atoms with Crippen molar-refractivity contribution in [1.82, 2.24) is 10.1 Å². The second-order valence-electron chi connectivity index (χ2n) is 4.00. The fourth-order valence-corrected chi connectivity index (χ4v) is 1.13. The quantitative estimate of drug-likeness (QED) is 0.718. The molecular formula is C10H18N2O. The molecule has 1 rings (SSSR count). The maximum absolute atomic E-state index is 5.03. The Kier molecular flexibility index (Phi) is 3.46. The summed E-state index contributed by atoms with van der Waals surface area (Å²) in [7, 11) is 0. The van der Waals surface area contributed by atoms with Crippen LogP contribution >= 0.6 is 0 Å². The topological polar surface area (TPSA) is 38.9 Å². The molecule has 0 N–H and O–H groups in total. The third kappa shape index (κ3) is 3.17. The SMILES string of the molecule is Cc1noc(CCC(C)C(C)C)n1. The summed E-state index contributed by atoms with van der Waals surface area (Å²) in [5, 5.41) is 3.75. The third-order valence-corrected chi connectivity index (χ3v) is 2.52. The number of rotatable bonds is 4. The van der Waals surface area contributed by atoms with Gasteiger partial charge in [-0.05, 0) is 25.2 Å². The molecule has 74 valence electrons. The lowest BCUT2D eigenvalue weighted by atomic mass is 9.93. The van der Waals surface area contributed by atoms with Gasteiger partial charge in [-0.1, -0.05) is 25.9 Å². The van der Waals surface area contributed by atoms with Crippen LogP contribution in [-0.4, -0.2) is 10.1 Å². The van der Waals surface area contributed by atoms with Gasteiger partial charge in [0.25, 0.3) is 0 Å². The van der Waals surface area contributed by atoms with Gasteiger partial charge in [0.1, 0.15) is 0 Å². The molecule has 3 nitrogen and oxygen atoms in total. The first-order chi connectivity index (χ1) is 6.09. The van der Waals surface area contributed by atoms with Crippen LogP contribution in [0.5, 0.6) is 0 Å². The highest BCUT2D eigenvalue weighted by atomic mass is 16.5. The van der Waals surface area contributed by atoms with E-state index >= 15 is 0 Å². The predicted octanol–water partition coefficient (Wildman–Crippen LogP) is 2.60. The Labute approximate surface area is 79.5 Å². The summed E-state index contributed by atoms with van der Waals surface area (Å²) < 4.78 is 5.03. The molecular weight excluding hydrogens is 164 g/mol. The number of nitrogens with zero attached hydrogens (tertiary/aromatic N) is 2. The van der Waals surface area contributed by atoms with Gasteiger partial charge in [-0.2, -0.15) is 4.98 Å². The van der Waals surface area contributed by atoms with E-state index in [1.165, 1.54) is 0 Å². The van der Waals surface area contributed by atoms with Crippen LogP contribution in [0, 0.1) is 18.8 Å². The van der Waals surface area contributed by atoms with Crippen molar-refractivity contribution in [1.29, 1.82) is 0 Å². The van der Waals surface area contributed by atoms with Gasteiger partial charge in [-0.25, -0.2) is 0 Å². The minimum Gasteiger partial charge on any atom is -0.339 e. The molecule has 1 atom stereocenters. The lowest BCUT2D eigenvalue weighted by molar-refractivity contribution is 0.339. The molecule has 0 aliphatic carbocycles. The zero-order valence-corrected chi connectivity index (χ0v) is 8.87. The Balaban J connectivity index is 2.35. The molecule has 1 aromatic rings. The summed E-state index contributed by atoms with van der Waals surface area (Å²) in [5.41, 5.74) is 0. The van der Waals surface area contributed by atoms with Crippen LogP contribution in [0.1, 0.15) is 38.9 Å². The predicted molar refractivity (Wildman–Crippen MR) is 51.4 cm³/mol. The van der Waals surface area contributed by atoms with E-state index in [9.17, 15) is 0 Å². The molecule has 1 aromatic heterocycles. The van der Waals surface area contributed by atoms with Gasteiger partial charge in [0.05, 0.1) is 0 Å². The number of hydrogen-bond acceptors (Lipinski definition) is 3. The first-order valence-corrected chi connectivity index (χ1v) is 4.88. The molecule has 0 saturated heterocycles. The molecule has 0 aliphatic heterocycles. The second kappa shape index (κ2) is 4.40. The number of hydrogen-bond donors (Lipinski definition) is 0. The van der Waals surface area contributed by atoms with Gasteiger partial charge in [0.2, 0.25) is 5.89 Å². The Bertz CT molecular complexity index is 255. The highest BCUT2D eigenvalue weighted by Crippen LogP contribution is 2.16. The van der Waals surface area contributed by atoms with E-state index in [0.29, 0.717) is 5.92 Å². The molecule has 0 bridgehead atoms. The second-order valence-corrected chi connectivity index (χ2v) is 4.00. The van der Waals surface area contributed by atoms with Crippen molar-refractivity contribution in [3.8, 4) is 0 Å². The number of aryl methyl sites for hydroxylation is 2. The van der Waals surface area contributed by atoms with E-state index in [0.717, 1.165) is 30.5 Å². The summed E-state index contributed by atoms with van der Waals surface area (Å²) >= 11 is 0. The average molecular weight is 182 g/mol. The Morgan fingerprint density at radius 2 is 2.00 bits per heavy atom. The first kappa shape index (κ1) is 10.2. The van der Waals surface area contributed by atoms with Crippen LogP contribution in [0.25, 0.3) is 0 Å². The fourth-order valence-electron chi connectivity index (χ4n) is 1.13. The normalized spacial score (nSPS) is 13.6. The largest absolute Gasteiger partial charge is 0.339 e. The van der Waals surface area contributed by atoms with Crippen LogP contribution in [0.3, 0.4) is 0 Å². The summed E-state index contributed by atoms with van der Waals surface area (Å²) in [6.07, 6.45) is 2.03. The molecule has 0 saturated carbocycles. The van der Waals surface area contributed by atoms with Gasteiger partial charge in [0.15, 0.2) is 5.82 Å². The highest BCUT2D eigenvalue weighted by Gasteiger charge is 2.09. The van der Waals surface area contributed by atoms with E-state index in [-0.39, 0.29) is 0 Å². The van der Waals surface area contributed by atoms with Crippen LogP contribution < -0.4 is 0 Å². The number of aromatic nitrogens is 2. The van der Waals surface area contributed by atoms with E-state index in [1.54, 1.807) is 0 Å². The molecule has 3 heteroatoms. The van der Waals surface area contributed by atoms with E-state index < -0.39 is 0 Å². The molecule has 13 heavy (non-hydrogen) atoms. The maximum Gasteiger partial charge on any atom is 0.226 e. The monoisotopic (exact) mass is 182 g/mol. The van der Waals surface area contributed by atoms with Crippen molar-refractivity contribution in [2.75, 3.05) is 0 Å². The molecule has 1 heterocycles. The summed E-state index contributed by atoms with van der Waals surface area (Å²) in [5.74, 6) is 2.94. The first-order valence-electron chi connectivity index (χ1n) is 4.88. The molecule has 0 radical (unpaired) electrons. The van der Waals surface area contributed by atoms with Crippen LogP contribution in [0.15, 0.2) is 4.52 Å². The van der Waals surface area contributed by atoms with E-state index in [1.807, 2.05) is 6.92 Å². The molecule has 0 spiro atoms. The minimum atomic E-state index is 0.715. The molecule has 0 amide bonds. The Hall–Kier alpha value is -0.860. The van der Waals surface area contributed by atoms with E-state index in [4.69, 9.17) is 4.52 Å². The van der Waals surface area contributed by atoms with Crippen LogP contribution in [0.2, 0.25) is 0 Å². The van der Waals surface area contributed by atoms with Gasteiger partial charge in [-0.3, -0.25) is 0 Å². The standard InChI is InChI=1S/C10H18N2O/c1-7(2)8(3)5-6-10-11-9(4)12-13-10/h7-8H,5-6H2,1-4H3. The highest BCUT2D eigenvalue weighted by molar-refractivity contribution is 4.83. The smallest absolute Gasteiger partial charge is 0.226 e. The van der Waals surface area contributed by atoms with Gasteiger partial charge in [-0.15, -0.1) is 0 Å². The zero-order valence-electron chi connectivity index (χ0n) is 8.87. The lowest BCUT2D eigenvalue weighted by Gasteiger charge is -2.13. The molecule has 0 aliphatic rings. The molecule has 1 unspecified atom stereocenters. The summed E-state index contributed by atoms with van der Waals surface area (Å²) in [6.45, 7) is 8.58. The minimum absolute atomic E-state index is 0.715. The van der Waals surface area contributed by atoms with Gasteiger partial charge in [0, 0.05) is 6.42 Å². The van der Waals surface area contributed by atoms with Crippen molar-refractivity contribution < 1.29 is 4.52 Å². The van der Waals surface area contributed by atoms with Crippen molar-refractivity contribution in [2.24, 2.45) is 11.8 Å². The Morgan fingerprint density at radius 3 is 2.46 bits per heavy atom. The van der Waals surface area contributed by atoms with Crippen LogP contribution in [0.4, 0.5) is 0 Å². The van der Waals surface area contributed by atoms with Crippen LogP contribution in [-0.2, 0) is 6.42 Å². The van der Waals surface area contributed by atoms with Gasteiger partial charge >= 0.3 is 0 Å².